The molecule has 2 aliphatic carbocycles. The summed E-state index contributed by atoms with van der Waals surface area (Å²) >= 11 is 0. The Labute approximate surface area is 132 Å². The highest BCUT2D eigenvalue weighted by Gasteiger charge is 2.54. The lowest BCUT2D eigenvalue weighted by atomic mass is 9.56. The Balaban J connectivity index is 1.81. The van der Waals surface area contributed by atoms with E-state index >= 15 is 0 Å². The molecule has 3 heteroatoms. The minimum absolute atomic E-state index is 0.0337. The summed E-state index contributed by atoms with van der Waals surface area (Å²) < 4.78 is 0. The molecule has 2 unspecified atom stereocenters. The lowest BCUT2D eigenvalue weighted by Gasteiger charge is -2.55. The third-order valence-electron chi connectivity index (χ3n) is 6.48. The van der Waals surface area contributed by atoms with E-state index in [9.17, 15) is 9.90 Å². The number of fused-ring (bicyclic) bond motifs is 4. The number of aromatic hydroxyl groups is 1. The van der Waals surface area contributed by atoms with Crippen molar-refractivity contribution in [3.8, 4) is 5.75 Å². The van der Waals surface area contributed by atoms with Crippen LogP contribution in [-0.2, 0) is 5.41 Å². The predicted octanol–water partition coefficient (Wildman–Crippen LogP) is 3.36. The van der Waals surface area contributed by atoms with Crippen LogP contribution >= 0.6 is 0 Å². The van der Waals surface area contributed by atoms with E-state index in [1.807, 2.05) is 12.1 Å². The van der Waals surface area contributed by atoms with Gasteiger partial charge in [0.15, 0.2) is 5.78 Å². The maximum absolute atomic E-state index is 13.1. The third-order valence-corrected chi connectivity index (χ3v) is 6.48. The molecule has 2 fully saturated rings. The van der Waals surface area contributed by atoms with Crippen LogP contribution < -0.4 is 0 Å². The van der Waals surface area contributed by atoms with Gasteiger partial charge in [-0.15, -0.1) is 0 Å². The van der Waals surface area contributed by atoms with Gasteiger partial charge in [-0.1, -0.05) is 13.8 Å². The van der Waals surface area contributed by atoms with Crippen molar-refractivity contribution in [2.75, 3.05) is 13.1 Å². The Kier molecular flexibility index (Phi) is 3.12. The van der Waals surface area contributed by atoms with Crippen molar-refractivity contribution in [1.82, 2.24) is 4.90 Å². The third kappa shape index (κ3) is 1.88. The average Bonchev–Trinajstić information content (AvgIpc) is 3.30. The fraction of sp³-hybridized carbons (Fsp3) is 0.632. The second kappa shape index (κ2) is 4.82. The summed E-state index contributed by atoms with van der Waals surface area (Å²) in [5.74, 6) is 1.69. The minimum atomic E-state index is 0.0337. The molecule has 1 saturated carbocycles. The number of ketones is 1. The molecule has 2 bridgehead atoms. The maximum Gasteiger partial charge on any atom is 0.180 e. The van der Waals surface area contributed by atoms with Crippen molar-refractivity contribution in [3.05, 3.63) is 29.3 Å². The van der Waals surface area contributed by atoms with Gasteiger partial charge in [-0.25, -0.2) is 0 Å². The normalized spacial score (nSPS) is 34.5. The minimum Gasteiger partial charge on any atom is -0.508 e. The van der Waals surface area contributed by atoms with Crippen molar-refractivity contribution in [1.29, 1.82) is 0 Å². The number of likely N-dealkylation sites (tertiary alicyclic amines) is 1. The molecule has 0 aromatic heterocycles. The van der Waals surface area contributed by atoms with Gasteiger partial charge in [0.1, 0.15) is 5.75 Å². The first kappa shape index (κ1) is 14.3. The van der Waals surface area contributed by atoms with Crippen molar-refractivity contribution in [3.63, 3.8) is 0 Å². The number of nitrogens with zero attached hydrogens (tertiary/aromatic N) is 1. The molecule has 3 nitrogen and oxygen atoms in total. The molecule has 0 spiro atoms. The highest BCUT2D eigenvalue weighted by molar-refractivity contribution is 6.03. The van der Waals surface area contributed by atoms with Crippen molar-refractivity contribution >= 4 is 5.78 Å². The monoisotopic (exact) mass is 299 g/mol. The molecule has 3 atom stereocenters. The number of phenolic OH excluding ortho intramolecular Hbond substituents is 1. The second-order valence-electron chi connectivity index (χ2n) is 7.53. The van der Waals surface area contributed by atoms with Crippen LogP contribution in [0.3, 0.4) is 0 Å². The number of carbonyl (C=O) groups is 1. The highest BCUT2D eigenvalue weighted by Crippen LogP contribution is 2.51. The topological polar surface area (TPSA) is 40.5 Å². The molecule has 1 aliphatic heterocycles. The Morgan fingerprint density at radius 2 is 2.14 bits per heavy atom. The van der Waals surface area contributed by atoms with Crippen LogP contribution in [0.4, 0.5) is 0 Å². The Morgan fingerprint density at radius 3 is 2.82 bits per heavy atom. The van der Waals surface area contributed by atoms with Gasteiger partial charge in [0, 0.05) is 17.5 Å². The number of hydrogen-bond donors (Lipinski definition) is 1. The molecule has 1 N–H and O–H groups in total. The molecule has 1 aromatic carbocycles. The molecular formula is C19H25NO2. The number of benzene rings is 1. The summed E-state index contributed by atoms with van der Waals surface area (Å²) in [5, 5.41) is 9.93. The first-order chi connectivity index (χ1) is 10.6. The SMILES string of the molecule is CCC12CCN(CC3CC3)[C@H](C(=O)c3ccc(O)cc31)C2C. The van der Waals surface area contributed by atoms with Crippen LogP contribution in [0.2, 0.25) is 0 Å². The smallest absolute Gasteiger partial charge is 0.180 e. The van der Waals surface area contributed by atoms with E-state index in [4.69, 9.17) is 0 Å². The van der Waals surface area contributed by atoms with Crippen LogP contribution in [0.25, 0.3) is 0 Å². The Hall–Kier alpha value is -1.35. The van der Waals surface area contributed by atoms with E-state index < -0.39 is 0 Å². The number of phenols is 1. The molecule has 0 radical (unpaired) electrons. The summed E-state index contributed by atoms with van der Waals surface area (Å²) in [5.41, 5.74) is 1.99. The number of piperidine rings is 1. The molecular weight excluding hydrogens is 274 g/mol. The lowest BCUT2D eigenvalue weighted by Crippen LogP contribution is -2.61. The molecule has 4 rings (SSSR count). The second-order valence-corrected chi connectivity index (χ2v) is 7.53. The number of hydrogen-bond acceptors (Lipinski definition) is 3. The van der Waals surface area contributed by atoms with E-state index in [1.165, 1.54) is 12.8 Å². The fourth-order valence-electron chi connectivity index (χ4n) is 4.95. The quantitative estimate of drug-likeness (QED) is 0.930. The number of Topliss-reactive ketones (excluding diaryl/α,β-unsaturated/α-hetero) is 1. The van der Waals surface area contributed by atoms with Crippen LogP contribution in [0.5, 0.6) is 5.75 Å². The van der Waals surface area contributed by atoms with E-state index in [0.717, 1.165) is 43.0 Å². The zero-order chi connectivity index (χ0) is 15.5. The van der Waals surface area contributed by atoms with Crippen LogP contribution in [-0.4, -0.2) is 34.9 Å². The summed E-state index contributed by atoms with van der Waals surface area (Å²) in [6, 6.07) is 5.39. The van der Waals surface area contributed by atoms with Crippen LogP contribution in [0.15, 0.2) is 18.2 Å². The highest BCUT2D eigenvalue weighted by atomic mass is 16.3. The van der Waals surface area contributed by atoms with Gasteiger partial charge in [0.05, 0.1) is 6.04 Å². The summed E-state index contributed by atoms with van der Waals surface area (Å²) in [6.07, 6.45) is 4.79. The number of carbonyl (C=O) groups excluding carboxylic acids is 1. The Morgan fingerprint density at radius 1 is 1.36 bits per heavy atom. The van der Waals surface area contributed by atoms with Crippen LogP contribution in [0, 0.1) is 11.8 Å². The predicted molar refractivity (Wildman–Crippen MR) is 86.3 cm³/mol. The van der Waals surface area contributed by atoms with Crippen LogP contribution in [0.1, 0.15) is 55.5 Å². The summed E-state index contributed by atoms with van der Waals surface area (Å²) in [4.78, 5) is 15.5. The largest absolute Gasteiger partial charge is 0.508 e. The summed E-state index contributed by atoms with van der Waals surface area (Å²) in [7, 11) is 0. The first-order valence-corrected chi connectivity index (χ1v) is 8.68. The summed E-state index contributed by atoms with van der Waals surface area (Å²) in [6.45, 7) is 6.58. The zero-order valence-electron chi connectivity index (χ0n) is 13.5. The molecule has 1 saturated heterocycles. The Bertz CT molecular complexity index is 622. The van der Waals surface area contributed by atoms with Gasteiger partial charge in [0.2, 0.25) is 0 Å². The van der Waals surface area contributed by atoms with Gasteiger partial charge in [-0.2, -0.15) is 0 Å². The van der Waals surface area contributed by atoms with Crippen molar-refractivity contribution in [2.24, 2.45) is 11.8 Å². The van der Waals surface area contributed by atoms with E-state index in [-0.39, 0.29) is 23.0 Å². The number of rotatable bonds is 3. The van der Waals surface area contributed by atoms with E-state index in [0.29, 0.717) is 5.92 Å². The zero-order valence-corrected chi connectivity index (χ0v) is 13.5. The van der Waals surface area contributed by atoms with Gasteiger partial charge >= 0.3 is 0 Å². The lowest BCUT2D eigenvalue weighted by molar-refractivity contribution is 0.0196. The maximum atomic E-state index is 13.1. The van der Waals surface area contributed by atoms with E-state index in [2.05, 4.69) is 18.7 Å². The van der Waals surface area contributed by atoms with Gasteiger partial charge in [-0.05, 0) is 67.8 Å². The van der Waals surface area contributed by atoms with Crippen molar-refractivity contribution < 1.29 is 9.90 Å². The average molecular weight is 299 g/mol. The molecule has 1 heterocycles. The fourth-order valence-corrected chi connectivity index (χ4v) is 4.95. The van der Waals surface area contributed by atoms with Gasteiger partial charge < -0.3 is 5.11 Å². The van der Waals surface area contributed by atoms with E-state index in [1.54, 1.807) is 6.07 Å². The van der Waals surface area contributed by atoms with Crippen molar-refractivity contribution in [2.45, 2.75) is 51.0 Å². The first-order valence-electron chi connectivity index (χ1n) is 8.68. The molecule has 0 amide bonds. The van der Waals surface area contributed by atoms with Gasteiger partial charge in [-0.3, -0.25) is 9.69 Å². The molecule has 118 valence electrons. The molecule has 22 heavy (non-hydrogen) atoms. The molecule has 3 aliphatic rings. The van der Waals surface area contributed by atoms with Gasteiger partial charge in [0.25, 0.3) is 0 Å². The molecule has 1 aromatic rings. The standard InChI is InChI=1S/C19H25NO2/c1-3-19-8-9-20(11-13-4-5-13)17(12(19)2)18(22)15-7-6-14(21)10-16(15)19/h6-7,10,12-13,17,21H,3-5,8-9,11H2,1-2H3/t12?,17-,19?/m0/s1.